The molecule has 0 amide bonds. The van der Waals surface area contributed by atoms with Crippen molar-refractivity contribution in [2.24, 2.45) is 0 Å². The average Bonchev–Trinajstić information content (AvgIpc) is 2.16. The van der Waals surface area contributed by atoms with Crippen LogP contribution in [0.2, 0.25) is 0 Å². The quantitative estimate of drug-likeness (QED) is 0.764. The summed E-state index contributed by atoms with van der Waals surface area (Å²) < 4.78 is 0. The van der Waals surface area contributed by atoms with Crippen LogP contribution in [0.25, 0.3) is 6.08 Å². The van der Waals surface area contributed by atoms with Gasteiger partial charge in [0.15, 0.2) is 0 Å². The van der Waals surface area contributed by atoms with Crippen LogP contribution in [0.5, 0.6) is 0 Å². The van der Waals surface area contributed by atoms with E-state index in [0.29, 0.717) is 0 Å². The van der Waals surface area contributed by atoms with E-state index >= 15 is 0 Å². The van der Waals surface area contributed by atoms with Crippen LogP contribution in [0, 0.1) is 0 Å². The van der Waals surface area contributed by atoms with Gasteiger partial charge in [-0.25, -0.2) is 0 Å². The molecule has 1 unspecified atom stereocenters. The smallest absolute Gasteiger partial charge is 0.00823 e. The van der Waals surface area contributed by atoms with Crippen LogP contribution < -0.4 is 5.32 Å². The third kappa shape index (κ3) is 2.24. The second-order valence-electron chi connectivity index (χ2n) is 3.92. The molecule has 0 aromatic heterocycles. The van der Waals surface area contributed by atoms with Gasteiger partial charge in [-0.3, -0.25) is 0 Å². The molecular weight excluding hydrogens is 170 g/mol. The molecule has 1 saturated heterocycles. The number of hydrogen-bond acceptors (Lipinski definition) is 1. The molecule has 0 saturated carbocycles. The van der Waals surface area contributed by atoms with Gasteiger partial charge in [-0.2, -0.15) is 0 Å². The molecule has 1 aromatic rings. The Morgan fingerprint density at radius 3 is 2.57 bits per heavy atom. The average molecular weight is 187 g/mol. The molecule has 1 fully saturated rings. The maximum atomic E-state index is 3.75. The van der Waals surface area contributed by atoms with Gasteiger partial charge in [0.05, 0.1) is 0 Å². The van der Waals surface area contributed by atoms with Crippen molar-refractivity contribution >= 4 is 6.08 Å². The predicted octanol–water partition coefficient (Wildman–Crippen LogP) is 2.62. The lowest BCUT2D eigenvalue weighted by molar-refractivity contribution is 0.351. The fourth-order valence-electron chi connectivity index (χ4n) is 1.76. The van der Waals surface area contributed by atoms with Gasteiger partial charge in [-0.05, 0) is 36.9 Å². The highest BCUT2D eigenvalue weighted by atomic mass is 15.0. The third-order valence-corrected chi connectivity index (χ3v) is 2.92. The summed E-state index contributed by atoms with van der Waals surface area (Å²) in [7, 11) is 0. The standard InChI is InChI=1S/C13H17N/c1-2-11-3-5-12(6-4-11)7-8-13-9-10-14-13/h2-6,13-14H,1,7-10H2. The summed E-state index contributed by atoms with van der Waals surface area (Å²) in [5.41, 5.74) is 2.64. The lowest BCUT2D eigenvalue weighted by Crippen LogP contribution is -2.42. The Hall–Kier alpha value is -1.08. The normalized spacial score (nSPS) is 20.1. The molecule has 0 bridgehead atoms. The molecule has 0 radical (unpaired) electrons. The first-order valence-corrected chi connectivity index (χ1v) is 5.33. The molecule has 1 aliphatic heterocycles. The monoisotopic (exact) mass is 187 g/mol. The number of hydrogen-bond donors (Lipinski definition) is 1. The number of benzene rings is 1. The molecule has 74 valence electrons. The molecule has 1 aliphatic rings. The van der Waals surface area contributed by atoms with Crippen LogP contribution in [0.1, 0.15) is 24.0 Å². The fourth-order valence-corrected chi connectivity index (χ4v) is 1.76. The maximum absolute atomic E-state index is 3.75. The molecule has 1 heterocycles. The first-order valence-electron chi connectivity index (χ1n) is 5.33. The molecule has 1 heteroatoms. The van der Waals surface area contributed by atoms with Crippen LogP contribution in [0.15, 0.2) is 30.8 Å². The van der Waals surface area contributed by atoms with E-state index in [-0.39, 0.29) is 0 Å². The number of rotatable bonds is 4. The van der Waals surface area contributed by atoms with Crippen molar-refractivity contribution < 1.29 is 0 Å². The van der Waals surface area contributed by atoms with Gasteiger partial charge < -0.3 is 5.32 Å². The van der Waals surface area contributed by atoms with E-state index in [0.717, 1.165) is 6.04 Å². The van der Waals surface area contributed by atoms with Crippen LogP contribution in [0.4, 0.5) is 0 Å². The molecule has 0 spiro atoms. The third-order valence-electron chi connectivity index (χ3n) is 2.92. The summed E-state index contributed by atoms with van der Waals surface area (Å²) in [6, 6.07) is 9.45. The van der Waals surface area contributed by atoms with Crippen LogP contribution in [0.3, 0.4) is 0 Å². The molecule has 1 N–H and O–H groups in total. The SMILES string of the molecule is C=Cc1ccc(CCC2CCN2)cc1. The second-order valence-corrected chi connectivity index (χ2v) is 3.92. The van der Waals surface area contributed by atoms with Crippen molar-refractivity contribution in [2.75, 3.05) is 6.54 Å². The molecule has 14 heavy (non-hydrogen) atoms. The van der Waals surface area contributed by atoms with Crippen LogP contribution >= 0.6 is 0 Å². The first-order chi connectivity index (χ1) is 6.88. The second kappa shape index (κ2) is 4.43. The largest absolute Gasteiger partial charge is 0.314 e. The van der Waals surface area contributed by atoms with Crippen molar-refractivity contribution in [1.29, 1.82) is 0 Å². The first kappa shape index (κ1) is 9.47. The van der Waals surface area contributed by atoms with Crippen molar-refractivity contribution in [1.82, 2.24) is 5.32 Å². The van der Waals surface area contributed by atoms with Crippen LogP contribution in [-0.2, 0) is 6.42 Å². The zero-order chi connectivity index (χ0) is 9.80. The Balaban J connectivity index is 1.85. The van der Waals surface area contributed by atoms with Gasteiger partial charge in [-0.1, -0.05) is 36.9 Å². The van der Waals surface area contributed by atoms with E-state index in [2.05, 4.69) is 36.2 Å². The fraction of sp³-hybridized carbons (Fsp3) is 0.385. The van der Waals surface area contributed by atoms with Crippen molar-refractivity contribution in [3.8, 4) is 0 Å². The summed E-state index contributed by atoms with van der Waals surface area (Å²) in [5.74, 6) is 0. The molecule has 1 nitrogen and oxygen atoms in total. The molecule has 0 aliphatic carbocycles. The Morgan fingerprint density at radius 2 is 2.07 bits per heavy atom. The minimum atomic E-state index is 0.772. The summed E-state index contributed by atoms with van der Waals surface area (Å²) in [6.45, 7) is 4.96. The van der Waals surface area contributed by atoms with E-state index in [4.69, 9.17) is 0 Å². The molecule has 2 rings (SSSR count). The Kier molecular flexibility index (Phi) is 3.00. The summed E-state index contributed by atoms with van der Waals surface area (Å²) >= 11 is 0. The van der Waals surface area contributed by atoms with Gasteiger partial charge in [0, 0.05) is 6.04 Å². The van der Waals surface area contributed by atoms with E-state index < -0.39 is 0 Å². The summed E-state index contributed by atoms with van der Waals surface area (Å²) in [5, 5.41) is 3.42. The minimum absolute atomic E-state index is 0.772. The van der Waals surface area contributed by atoms with E-state index in [1.54, 1.807) is 0 Å². The van der Waals surface area contributed by atoms with Gasteiger partial charge >= 0.3 is 0 Å². The van der Waals surface area contributed by atoms with Crippen molar-refractivity contribution in [3.05, 3.63) is 42.0 Å². The topological polar surface area (TPSA) is 12.0 Å². The van der Waals surface area contributed by atoms with E-state index in [1.165, 1.54) is 36.9 Å². The van der Waals surface area contributed by atoms with E-state index in [1.807, 2.05) is 6.08 Å². The number of aryl methyl sites for hydroxylation is 1. The van der Waals surface area contributed by atoms with Gasteiger partial charge in [0.25, 0.3) is 0 Å². The van der Waals surface area contributed by atoms with Crippen molar-refractivity contribution in [3.63, 3.8) is 0 Å². The maximum Gasteiger partial charge on any atom is 0.00823 e. The number of nitrogens with one attached hydrogen (secondary N) is 1. The highest BCUT2D eigenvalue weighted by molar-refractivity contribution is 5.47. The highest BCUT2D eigenvalue weighted by Crippen LogP contribution is 2.12. The van der Waals surface area contributed by atoms with Crippen molar-refractivity contribution in [2.45, 2.75) is 25.3 Å². The zero-order valence-corrected chi connectivity index (χ0v) is 8.50. The highest BCUT2D eigenvalue weighted by Gasteiger charge is 2.15. The molecule has 1 aromatic carbocycles. The minimum Gasteiger partial charge on any atom is -0.314 e. The Bertz CT molecular complexity index is 296. The van der Waals surface area contributed by atoms with E-state index in [9.17, 15) is 0 Å². The van der Waals surface area contributed by atoms with Gasteiger partial charge in [0.1, 0.15) is 0 Å². The molecular formula is C13H17N. The predicted molar refractivity (Wildman–Crippen MR) is 61.3 cm³/mol. The Morgan fingerprint density at radius 1 is 1.36 bits per heavy atom. The lowest BCUT2D eigenvalue weighted by atomic mass is 9.98. The van der Waals surface area contributed by atoms with Gasteiger partial charge in [0.2, 0.25) is 0 Å². The summed E-state index contributed by atoms with van der Waals surface area (Å²) in [6.07, 6.45) is 5.70. The molecule has 1 atom stereocenters. The van der Waals surface area contributed by atoms with Gasteiger partial charge in [-0.15, -0.1) is 0 Å². The van der Waals surface area contributed by atoms with Crippen LogP contribution in [-0.4, -0.2) is 12.6 Å². The Labute approximate surface area is 85.8 Å². The lowest BCUT2D eigenvalue weighted by Gasteiger charge is -2.27. The summed E-state index contributed by atoms with van der Waals surface area (Å²) in [4.78, 5) is 0. The zero-order valence-electron chi connectivity index (χ0n) is 8.50.